The summed E-state index contributed by atoms with van der Waals surface area (Å²) in [5.74, 6) is -0.127. The molecule has 5 heteroatoms. The quantitative estimate of drug-likeness (QED) is 0.587. The first-order valence-corrected chi connectivity index (χ1v) is 11.7. The number of aliphatic hydroxyl groups is 1. The van der Waals surface area contributed by atoms with Crippen molar-refractivity contribution < 1.29 is 17.7 Å². The van der Waals surface area contributed by atoms with Gasteiger partial charge in [-0.2, -0.15) is 8.42 Å². The minimum atomic E-state index is -3.85. The fourth-order valence-corrected chi connectivity index (χ4v) is 5.66. The molecule has 1 saturated carbocycles. The summed E-state index contributed by atoms with van der Waals surface area (Å²) in [5.41, 5.74) is 0.200. The highest BCUT2D eigenvalue weighted by Crippen LogP contribution is 2.42. The lowest BCUT2D eigenvalue weighted by Gasteiger charge is -2.43. The number of rotatable bonds is 3. The van der Waals surface area contributed by atoms with Crippen LogP contribution in [-0.4, -0.2) is 25.2 Å². The van der Waals surface area contributed by atoms with E-state index in [9.17, 15) is 13.5 Å². The predicted molar refractivity (Wildman–Crippen MR) is 107 cm³/mol. The molecule has 0 aromatic heterocycles. The number of benzene rings is 1. The minimum absolute atomic E-state index is 0.127. The van der Waals surface area contributed by atoms with E-state index in [0.29, 0.717) is 6.42 Å². The molecule has 3 atom stereocenters. The molecule has 0 radical (unpaired) electrons. The number of hydrogen-bond donors (Lipinski definition) is 1. The summed E-state index contributed by atoms with van der Waals surface area (Å²) >= 11 is 0. The maximum atomic E-state index is 12.9. The molecule has 2 aliphatic carbocycles. The Morgan fingerprint density at radius 3 is 2.37 bits per heavy atom. The Bertz CT molecular complexity index is 738. The molecule has 150 valence electrons. The van der Waals surface area contributed by atoms with Crippen molar-refractivity contribution in [3.63, 3.8) is 0 Å². The van der Waals surface area contributed by atoms with Crippen LogP contribution in [0.3, 0.4) is 0 Å². The molecule has 3 rings (SSSR count). The van der Waals surface area contributed by atoms with Crippen molar-refractivity contribution in [1.29, 1.82) is 0 Å². The average molecular weight is 393 g/mol. The summed E-state index contributed by atoms with van der Waals surface area (Å²) in [7, 11) is -3.85. The van der Waals surface area contributed by atoms with Gasteiger partial charge in [0.15, 0.2) is 0 Å². The standard InChI is InChI=1S/C22H32O4S/c1-18-12-14-19(15-13-18)27(24,25)26-21-11-6-4-2-3-5-8-16-22(23)17-9-7-10-20(21)22/h2,4,12-15,20-21,23H,3,5-11,16-17H2,1H3/b4-2-/t20-,21?,22-/m1/s1. The Morgan fingerprint density at radius 1 is 0.963 bits per heavy atom. The third-order valence-electron chi connectivity index (χ3n) is 6.09. The highest BCUT2D eigenvalue weighted by Gasteiger charge is 2.44. The molecule has 2 aliphatic rings. The molecule has 1 aromatic rings. The third kappa shape index (κ3) is 5.21. The van der Waals surface area contributed by atoms with E-state index in [2.05, 4.69) is 12.2 Å². The molecule has 27 heavy (non-hydrogen) atoms. The van der Waals surface area contributed by atoms with Crippen molar-refractivity contribution in [1.82, 2.24) is 0 Å². The molecule has 0 bridgehead atoms. The van der Waals surface area contributed by atoms with Gasteiger partial charge in [-0.25, -0.2) is 0 Å². The monoisotopic (exact) mass is 392 g/mol. The topological polar surface area (TPSA) is 63.6 Å². The zero-order valence-corrected chi connectivity index (χ0v) is 17.1. The van der Waals surface area contributed by atoms with Crippen molar-refractivity contribution >= 4 is 10.1 Å². The summed E-state index contributed by atoms with van der Waals surface area (Å²) in [5, 5.41) is 11.4. The minimum Gasteiger partial charge on any atom is -0.390 e. The Hall–Kier alpha value is -1.17. The van der Waals surface area contributed by atoms with Gasteiger partial charge in [-0.1, -0.05) is 49.1 Å². The second-order valence-corrected chi connectivity index (χ2v) is 9.72. The molecule has 1 aromatic carbocycles. The highest BCUT2D eigenvalue weighted by molar-refractivity contribution is 7.86. The first-order chi connectivity index (χ1) is 12.9. The zero-order valence-electron chi connectivity index (χ0n) is 16.3. The van der Waals surface area contributed by atoms with Crippen molar-refractivity contribution in [2.75, 3.05) is 0 Å². The van der Waals surface area contributed by atoms with Crippen LogP contribution in [-0.2, 0) is 14.3 Å². The van der Waals surface area contributed by atoms with Gasteiger partial charge < -0.3 is 5.11 Å². The van der Waals surface area contributed by atoms with Crippen LogP contribution in [0.2, 0.25) is 0 Å². The number of hydrogen-bond acceptors (Lipinski definition) is 4. The number of allylic oxidation sites excluding steroid dienone is 2. The van der Waals surface area contributed by atoms with Crippen LogP contribution in [0.4, 0.5) is 0 Å². The first kappa shape index (κ1) is 20.6. The lowest BCUT2D eigenvalue weighted by atomic mass is 9.69. The highest BCUT2D eigenvalue weighted by atomic mass is 32.2. The lowest BCUT2D eigenvalue weighted by Crippen LogP contribution is -2.48. The van der Waals surface area contributed by atoms with Gasteiger partial charge in [-0.15, -0.1) is 0 Å². The molecule has 0 spiro atoms. The maximum absolute atomic E-state index is 12.9. The van der Waals surface area contributed by atoms with Crippen molar-refractivity contribution in [2.45, 2.75) is 87.7 Å². The van der Waals surface area contributed by atoms with Gasteiger partial charge in [0, 0.05) is 5.92 Å². The predicted octanol–water partition coefficient (Wildman–Crippen LogP) is 4.90. The van der Waals surface area contributed by atoms with E-state index >= 15 is 0 Å². The average Bonchev–Trinajstić information content (AvgIpc) is 2.66. The van der Waals surface area contributed by atoms with E-state index in [0.717, 1.165) is 63.4 Å². The van der Waals surface area contributed by atoms with E-state index in [1.807, 2.05) is 6.92 Å². The van der Waals surface area contributed by atoms with Crippen LogP contribution in [0.25, 0.3) is 0 Å². The first-order valence-electron chi connectivity index (χ1n) is 10.3. The lowest BCUT2D eigenvalue weighted by molar-refractivity contribution is -0.0956. The van der Waals surface area contributed by atoms with E-state index in [1.165, 1.54) is 0 Å². The van der Waals surface area contributed by atoms with Gasteiger partial charge in [0.25, 0.3) is 10.1 Å². The second kappa shape index (κ2) is 8.89. The van der Waals surface area contributed by atoms with Crippen molar-refractivity contribution in [2.24, 2.45) is 5.92 Å². The van der Waals surface area contributed by atoms with E-state index in [1.54, 1.807) is 24.3 Å². The smallest absolute Gasteiger partial charge is 0.297 e. The van der Waals surface area contributed by atoms with E-state index in [-0.39, 0.29) is 10.8 Å². The van der Waals surface area contributed by atoms with E-state index < -0.39 is 21.8 Å². The van der Waals surface area contributed by atoms with Gasteiger partial charge >= 0.3 is 0 Å². The SMILES string of the molecule is Cc1ccc(S(=O)(=O)OC2CC/C=C\CCCC[C@@]3(O)CCCC[C@H]23)cc1. The van der Waals surface area contributed by atoms with Gasteiger partial charge in [0.05, 0.1) is 16.6 Å². The Morgan fingerprint density at radius 2 is 1.63 bits per heavy atom. The van der Waals surface area contributed by atoms with Crippen LogP contribution in [0.15, 0.2) is 41.3 Å². The Balaban J connectivity index is 1.86. The number of aryl methyl sites for hydroxylation is 1. The largest absolute Gasteiger partial charge is 0.390 e. The van der Waals surface area contributed by atoms with Gasteiger partial charge in [0.1, 0.15) is 0 Å². The molecular formula is C22H32O4S. The molecule has 0 amide bonds. The molecule has 0 saturated heterocycles. The fraction of sp³-hybridized carbons (Fsp3) is 0.636. The zero-order chi connectivity index (χ0) is 19.3. The third-order valence-corrected chi connectivity index (χ3v) is 7.44. The van der Waals surface area contributed by atoms with Gasteiger partial charge in [-0.3, -0.25) is 4.18 Å². The van der Waals surface area contributed by atoms with Crippen LogP contribution < -0.4 is 0 Å². The second-order valence-electron chi connectivity index (χ2n) is 8.15. The molecule has 0 aliphatic heterocycles. The van der Waals surface area contributed by atoms with Crippen LogP contribution in [0.5, 0.6) is 0 Å². The van der Waals surface area contributed by atoms with E-state index in [4.69, 9.17) is 4.18 Å². The van der Waals surface area contributed by atoms with Crippen molar-refractivity contribution in [3.8, 4) is 0 Å². The van der Waals surface area contributed by atoms with Gasteiger partial charge in [-0.05, 0) is 64.0 Å². The molecule has 4 nitrogen and oxygen atoms in total. The van der Waals surface area contributed by atoms with Crippen LogP contribution >= 0.6 is 0 Å². The van der Waals surface area contributed by atoms with Gasteiger partial charge in [0.2, 0.25) is 0 Å². The summed E-state index contributed by atoms with van der Waals surface area (Å²) in [6.07, 6.45) is 12.6. The van der Waals surface area contributed by atoms with Crippen molar-refractivity contribution in [3.05, 3.63) is 42.0 Å². The summed E-state index contributed by atoms with van der Waals surface area (Å²) in [4.78, 5) is 0.192. The van der Waals surface area contributed by atoms with Crippen LogP contribution in [0.1, 0.15) is 69.8 Å². The summed E-state index contributed by atoms with van der Waals surface area (Å²) in [6.45, 7) is 1.93. The van der Waals surface area contributed by atoms with Crippen LogP contribution in [0, 0.1) is 12.8 Å². The Kier molecular flexibility index (Phi) is 6.77. The molecular weight excluding hydrogens is 360 g/mol. The normalized spacial score (nSPS) is 31.5. The summed E-state index contributed by atoms with van der Waals surface area (Å²) in [6, 6.07) is 6.77. The maximum Gasteiger partial charge on any atom is 0.297 e. The fourth-order valence-electron chi connectivity index (χ4n) is 4.52. The Labute approximate surface area is 163 Å². The molecule has 0 heterocycles. The molecule has 1 unspecified atom stereocenters. The number of fused-ring (bicyclic) bond motifs is 1. The summed E-state index contributed by atoms with van der Waals surface area (Å²) < 4.78 is 31.6. The molecule has 1 fully saturated rings. The molecule has 1 N–H and O–H groups in total.